The van der Waals surface area contributed by atoms with Crippen molar-refractivity contribution in [3.8, 4) is 5.69 Å². The Balaban J connectivity index is 2.68. The predicted molar refractivity (Wildman–Crippen MR) is 70.1 cm³/mol. The Morgan fingerprint density at radius 2 is 2.05 bits per heavy atom. The van der Waals surface area contributed by atoms with Gasteiger partial charge in [-0.15, -0.1) is 0 Å². The van der Waals surface area contributed by atoms with Crippen molar-refractivity contribution in [3.63, 3.8) is 0 Å². The molecule has 0 aliphatic rings. The molecule has 0 atom stereocenters. The average molecular weight is 261 g/mol. The van der Waals surface area contributed by atoms with Crippen LogP contribution in [0.1, 0.15) is 42.8 Å². The molecule has 1 aromatic heterocycles. The van der Waals surface area contributed by atoms with Gasteiger partial charge in [0.05, 0.1) is 11.3 Å². The Kier molecular flexibility index (Phi) is 3.74. The zero-order valence-electron chi connectivity index (χ0n) is 11.3. The van der Waals surface area contributed by atoms with Gasteiger partial charge in [0.2, 0.25) is 0 Å². The number of nitrogens with zero attached hydrogens (tertiary/aromatic N) is 3. The largest absolute Gasteiger partial charge is 0.294 e. The maximum Gasteiger partial charge on any atom is 0.164 e. The van der Waals surface area contributed by atoms with E-state index >= 15 is 0 Å². The van der Waals surface area contributed by atoms with Crippen molar-refractivity contribution in [2.75, 3.05) is 0 Å². The van der Waals surface area contributed by atoms with Crippen LogP contribution in [0.25, 0.3) is 5.69 Å². The monoisotopic (exact) mass is 261 g/mol. The van der Waals surface area contributed by atoms with E-state index in [4.69, 9.17) is 0 Å². The van der Waals surface area contributed by atoms with Gasteiger partial charge in [-0.3, -0.25) is 4.79 Å². The van der Waals surface area contributed by atoms with Gasteiger partial charge in [-0.05, 0) is 19.1 Å². The van der Waals surface area contributed by atoms with Gasteiger partial charge < -0.3 is 0 Å². The van der Waals surface area contributed by atoms with Crippen LogP contribution in [0, 0.1) is 5.82 Å². The molecule has 100 valence electrons. The smallest absolute Gasteiger partial charge is 0.164 e. The summed E-state index contributed by atoms with van der Waals surface area (Å²) in [5, 5.41) is 4.34. The first kappa shape index (κ1) is 13.4. The van der Waals surface area contributed by atoms with Crippen LogP contribution in [-0.2, 0) is 12.8 Å². The quantitative estimate of drug-likeness (QED) is 0.795. The Bertz CT molecular complexity index is 619. The zero-order valence-corrected chi connectivity index (χ0v) is 11.3. The molecular formula is C14H16FN3O. The van der Waals surface area contributed by atoms with Crippen LogP contribution < -0.4 is 0 Å². The van der Waals surface area contributed by atoms with E-state index in [1.165, 1.54) is 13.0 Å². The summed E-state index contributed by atoms with van der Waals surface area (Å²) in [5.74, 6) is 0.574. The van der Waals surface area contributed by atoms with Crippen molar-refractivity contribution in [3.05, 3.63) is 41.2 Å². The molecule has 0 amide bonds. The highest BCUT2D eigenvalue weighted by atomic mass is 19.1. The maximum absolute atomic E-state index is 13.8. The molecule has 0 aliphatic heterocycles. The molecule has 0 radical (unpaired) electrons. The SMILES string of the molecule is CCc1nc(CC)n(-c2cccc(F)c2C(C)=O)n1. The number of benzene rings is 1. The lowest BCUT2D eigenvalue weighted by Crippen LogP contribution is -2.10. The number of carbonyl (C=O) groups is 1. The van der Waals surface area contributed by atoms with Crippen LogP contribution in [0.4, 0.5) is 4.39 Å². The molecule has 0 spiro atoms. The van der Waals surface area contributed by atoms with Crippen LogP contribution in [0.5, 0.6) is 0 Å². The van der Waals surface area contributed by atoms with E-state index in [9.17, 15) is 9.18 Å². The Morgan fingerprint density at radius 3 is 2.63 bits per heavy atom. The normalized spacial score (nSPS) is 10.7. The Morgan fingerprint density at radius 1 is 1.32 bits per heavy atom. The lowest BCUT2D eigenvalue weighted by atomic mass is 10.1. The van der Waals surface area contributed by atoms with Gasteiger partial charge in [0.15, 0.2) is 11.6 Å². The molecule has 0 unspecified atom stereocenters. The third-order valence-electron chi connectivity index (χ3n) is 2.92. The summed E-state index contributed by atoms with van der Waals surface area (Å²) in [6.45, 7) is 5.26. The van der Waals surface area contributed by atoms with Gasteiger partial charge in [-0.25, -0.2) is 14.1 Å². The summed E-state index contributed by atoms with van der Waals surface area (Å²) < 4.78 is 15.4. The molecular weight excluding hydrogens is 245 g/mol. The number of halogens is 1. The third kappa shape index (κ3) is 2.41. The lowest BCUT2D eigenvalue weighted by molar-refractivity contribution is 0.101. The van der Waals surface area contributed by atoms with Crippen LogP contribution in [-0.4, -0.2) is 20.5 Å². The summed E-state index contributed by atoms with van der Waals surface area (Å²) in [6.07, 6.45) is 1.37. The van der Waals surface area contributed by atoms with Gasteiger partial charge >= 0.3 is 0 Å². The van der Waals surface area contributed by atoms with Crippen LogP contribution in [0.2, 0.25) is 0 Å². The molecule has 4 nitrogen and oxygen atoms in total. The van der Waals surface area contributed by atoms with E-state index in [0.29, 0.717) is 24.4 Å². The van der Waals surface area contributed by atoms with Crippen LogP contribution in [0.15, 0.2) is 18.2 Å². The van der Waals surface area contributed by atoms with Gasteiger partial charge in [0, 0.05) is 12.8 Å². The van der Waals surface area contributed by atoms with Crippen molar-refractivity contribution in [1.29, 1.82) is 0 Å². The van der Waals surface area contributed by atoms with E-state index in [0.717, 1.165) is 5.82 Å². The molecule has 19 heavy (non-hydrogen) atoms. The first-order chi connectivity index (χ1) is 9.08. The van der Waals surface area contributed by atoms with E-state index in [-0.39, 0.29) is 11.3 Å². The van der Waals surface area contributed by atoms with Crippen molar-refractivity contribution < 1.29 is 9.18 Å². The van der Waals surface area contributed by atoms with E-state index in [1.54, 1.807) is 16.8 Å². The fraction of sp³-hybridized carbons (Fsp3) is 0.357. The molecule has 1 heterocycles. The second-order valence-corrected chi connectivity index (χ2v) is 4.25. The van der Waals surface area contributed by atoms with Gasteiger partial charge in [0.1, 0.15) is 11.6 Å². The fourth-order valence-electron chi connectivity index (χ4n) is 2.00. The minimum absolute atomic E-state index is 0.0600. The fourth-order valence-corrected chi connectivity index (χ4v) is 2.00. The first-order valence-electron chi connectivity index (χ1n) is 6.33. The molecule has 0 N–H and O–H groups in total. The summed E-state index contributed by atoms with van der Waals surface area (Å²) in [5.41, 5.74) is 0.515. The van der Waals surface area contributed by atoms with E-state index < -0.39 is 5.82 Å². The number of Topliss-reactive ketones (excluding diaryl/α,β-unsaturated/α-hetero) is 1. The summed E-state index contributed by atoms with van der Waals surface area (Å²) in [4.78, 5) is 16.0. The summed E-state index contributed by atoms with van der Waals surface area (Å²) in [6, 6.07) is 4.54. The molecule has 0 aliphatic carbocycles. The minimum Gasteiger partial charge on any atom is -0.294 e. The highest BCUT2D eigenvalue weighted by Gasteiger charge is 2.18. The highest BCUT2D eigenvalue weighted by Crippen LogP contribution is 2.20. The number of ketones is 1. The van der Waals surface area contributed by atoms with Crippen molar-refractivity contribution in [2.24, 2.45) is 0 Å². The second-order valence-electron chi connectivity index (χ2n) is 4.25. The first-order valence-corrected chi connectivity index (χ1v) is 6.33. The Hall–Kier alpha value is -2.04. The van der Waals surface area contributed by atoms with Gasteiger partial charge in [-0.1, -0.05) is 19.9 Å². The zero-order chi connectivity index (χ0) is 14.0. The Labute approximate surface area is 111 Å². The minimum atomic E-state index is -0.527. The maximum atomic E-state index is 13.8. The molecule has 1 aromatic carbocycles. The third-order valence-corrected chi connectivity index (χ3v) is 2.92. The molecule has 2 aromatic rings. The number of aryl methyl sites for hydroxylation is 2. The van der Waals surface area contributed by atoms with Crippen molar-refractivity contribution in [2.45, 2.75) is 33.6 Å². The molecule has 0 saturated heterocycles. The van der Waals surface area contributed by atoms with Crippen LogP contribution >= 0.6 is 0 Å². The molecule has 2 rings (SSSR count). The topological polar surface area (TPSA) is 47.8 Å². The molecule has 0 bridgehead atoms. The molecule has 0 saturated carbocycles. The molecule has 0 fully saturated rings. The molecule has 5 heteroatoms. The van der Waals surface area contributed by atoms with Crippen molar-refractivity contribution in [1.82, 2.24) is 14.8 Å². The average Bonchev–Trinajstić information content (AvgIpc) is 2.81. The highest BCUT2D eigenvalue weighted by molar-refractivity contribution is 5.97. The van der Waals surface area contributed by atoms with Crippen molar-refractivity contribution >= 4 is 5.78 Å². The predicted octanol–water partition coefficient (Wildman–Crippen LogP) is 2.73. The number of hydrogen-bond acceptors (Lipinski definition) is 3. The number of hydrogen-bond donors (Lipinski definition) is 0. The second kappa shape index (κ2) is 5.30. The summed E-state index contributed by atoms with van der Waals surface area (Å²) in [7, 11) is 0. The number of aromatic nitrogens is 3. The summed E-state index contributed by atoms with van der Waals surface area (Å²) >= 11 is 0. The standard InChI is InChI=1S/C14H16FN3O/c1-4-12-16-13(5-2)18(17-12)11-8-6-7-10(15)14(11)9(3)19/h6-8H,4-5H2,1-3H3. The van der Waals surface area contributed by atoms with Gasteiger partial charge in [-0.2, -0.15) is 5.10 Å². The van der Waals surface area contributed by atoms with E-state index in [1.807, 2.05) is 13.8 Å². The number of rotatable bonds is 4. The number of carbonyl (C=O) groups excluding carboxylic acids is 1. The van der Waals surface area contributed by atoms with Gasteiger partial charge in [0.25, 0.3) is 0 Å². The van der Waals surface area contributed by atoms with Crippen LogP contribution in [0.3, 0.4) is 0 Å². The van der Waals surface area contributed by atoms with E-state index in [2.05, 4.69) is 10.1 Å². The lowest BCUT2D eigenvalue weighted by Gasteiger charge is -2.09.